The van der Waals surface area contributed by atoms with Gasteiger partial charge in [0.15, 0.2) is 5.13 Å². The molecular formula is C21H16N4O2S. The second-order valence-electron chi connectivity index (χ2n) is 5.79. The first-order valence-electron chi connectivity index (χ1n) is 8.54. The van der Waals surface area contributed by atoms with Crippen molar-refractivity contribution < 1.29 is 9.53 Å². The van der Waals surface area contributed by atoms with Crippen molar-refractivity contribution in [2.24, 2.45) is 0 Å². The standard InChI is InChI=1S/C21H16N4O2S/c26-21(24-15-7-2-1-3-8-15)27-17-10-6-9-16(13-17)23-20-25-19(14-28-20)18-11-4-5-12-22-18/h1-14H,(H,23,25)(H,24,26). The van der Waals surface area contributed by atoms with Crippen molar-refractivity contribution in [1.82, 2.24) is 9.97 Å². The molecule has 0 atom stereocenters. The average molecular weight is 388 g/mol. The minimum Gasteiger partial charge on any atom is -0.410 e. The number of amides is 1. The SMILES string of the molecule is O=C(Nc1ccccc1)Oc1cccc(Nc2nc(-c3ccccn3)cs2)c1. The van der Waals surface area contributed by atoms with Crippen molar-refractivity contribution in [2.75, 3.05) is 10.6 Å². The molecule has 0 radical (unpaired) electrons. The van der Waals surface area contributed by atoms with Gasteiger partial charge in [0.2, 0.25) is 0 Å². The van der Waals surface area contributed by atoms with Crippen LogP contribution in [0.1, 0.15) is 0 Å². The number of nitrogens with one attached hydrogen (secondary N) is 2. The van der Waals surface area contributed by atoms with Gasteiger partial charge in [-0.1, -0.05) is 30.3 Å². The number of carbonyl (C=O) groups is 1. The molecule has 2 aromatic carbocycles. The van der Waals surface area contributed by atoms with Crippen LogP contribution in [0, 0.1) is 0 Å². The van der Waals surface area contributed by atoms with Crippen LogP contribution in [0.25, 0.3) is 11.4 Å². The molecule has 0 saturated heterocycles. The maximum absolute atomic E-state index is 12.0. The third-order valence-electron chi connectivity index (χ3n) is 3.75. The van der Waals surface area contributed by atoms with E-state index in [9.17, 15) is 4.79 Å². The third kappa shape index (κ3) is 4.52. The van der Waals surface area contributed by atoms with Crippen molar-refractivity contribution in [2.45, 2.75) is 0 Å². The minimum absolute atomic E-state index is 0.430. The van der Waals surface area contributed by atoms with Crippen molar-refractivity contribution in [1.29, 1.82) is 0 Å². The van der Waals surface area contributed by atoms with Gasteiger partial charge in [-0.2, -0.15) is 0 Å². The first-order valence-corrected chi connectivity index (χ1v) is 9.42. The molecule has 138 valence electrons. The zero-order valence-corrected chi connectivity index (χ0v) is 15.5. The lowest BCUT2D eigenvalue weighted by atomic mass is 10.3. The number of ether oxygens (including phenoxy) is 1. The van der Waals surface area contributed by atoms with Crippen molar-refractivity contribution in [3.05, 3.63) is 84.4 Å². The quantitative estimate of drug-likeness (QED) is 0.468. The Kier molecular flexibility index (Phi) is 5.26. The summed E-state index contributed by atoms with van der Waals surface area (Å²) in [6, 6.07) is 22.0. The third-order valence-corrected chi connectivity index (χ3v) is 4.51. The molecule has 2 heterocycles. The Morgan fingerprint density at radius 2 is 1.71 bits per heavy atom. The van der Waals surface area contributed by atoms with Crippen LogP contribution >= 0.6 is 11.3 Å². The van der Waals surface area contributed by atoms with Crippen LogP contribution in [-0.2, 0) is 0 Å². The monoisotopic (exact) mass is 388 g/mol. The average Bonchev–Trinajstić information content (AvgIpc) is 3.18. The van der Waals surface area contributed by atoms with Gasteiger partial charge in [0.1, 0.15) is 11.4 Å². The smallest absolute Gasteiger partial charge is 0.410 e. The molecule has 0 aliphatic heterocycles. The highest BCUT2D eigenvalue weighted by atomic mass is 32.1. The molecule has 6 nitrogen and oxygen atoms in total. The van der Waals surface area contributed by atoms with Gasteiger partial charge in [0.25, 0.3) is 0 Å². The molecule has 0 aliphatic carbocycles. The van der Waals surface area contributed by atoms with E-state index in [1.807, 2.05) is 47.8 Å². The Hall–Kier alpha value is -3.71. The van der Waals surface area contributed by atoms with Gasteiger partial charge < -0.3 is 10.1 Å². The lowest BCUT2D eigenvalue weighted by Gasteiger charge is -2.08. The summed E-state index contributed by atoms with van der Waals surface area (Å²) in [5, 5.41) is 8.58. The molecule has 28 heavy (non-hydrogen) atoms. The number of hydrogen-bond donors (Lipinski definition) is 2. The van der Waals surface area contributed by atoms with Gasteiger partial charge in [-0.25, -0.2) is 9.78 Å². The molecule has 2 aromatic heterocycles. The molecule has 4 aromatic rings. The number of rotatable bonds is 5. The Labute approximate surface area is 165 Å². The van der Waals surface area contributed by atoms with E-state index in [-0.39, 0.29) is 0 Å². The van der Waals surface area contributed by atoms with E-state index in [0.29, 0.717) is 11.4 Å². The molecule has 0 spiro atoms. The number of anilines is 3. The maximum atomic E-state index is 12.0. The van der Waals surface area contributed by atoms with E-state index in [1.165, 1.54) is 11.3 Å². The number of carbonyl (C=O) groups excluding carboxylic acids is 1. The molecule has 1 amide bonds. The molecule has 7 heteroatoms. The minimum atomic E-state index is -0.546. The second-order valence-corrected chi connectivity index (χ2v) is 6.64. The molecule has 0 aliphatic rings. The predicted molar refractivity (Wildman–Crippen MR) is 111 cm³/mol. The van der Waals surface area contributed by atoms with Crippen LogP contribution in [0.4, 0.5) is 21.3 Å². The number of thiazole rings is 1. The van der Waals surface area contributed by atoms with E-state index in [0.717, 1.165) is 22.2 Å². The maximum Gasteiger partial charge on any atom is 0.417 e. The van der Waals surface area contributed by atoms with E-state index < -0.39 is 6.09 Å². The van der Waals surface area contributed by atoms with Crippen molar-refractivity contribution >= 4 is 33.9 Å². The van der Waals surface area contributed by atoms with E-state index in [2.05, 4.69) is 20.6 Å². The Morgan fingerprint density at radius 3 is 2.54 bits per heavy atom. The number of benzene rings is 2. The summed E-state index contributed by atoms with van der Waals surface area (Å²) < 4.78 is 5.35. The summed E-state index contributed by atoms with van der Waals surface area (Å²) in [6.45, 7) is 0. The highest BCUT2D eigenvalue weighted by molar-refractivity contribution is 7.14. The van der Waals surface area contributed by atoms with Gasteiger partial charge in [0.05, 0.1) is 5.69 Å². The largest absolute Gasteiger partial charge is 0.417 e. The first kappa shape index (κ1) is 17.7. The normalized spacial score (nSPS) is 10.3. The summed E-state index contributed by atoms with van der Waals surface area (Å²) in [7, 11) is 0. The van der Waals surface area contributed by atoms with Gasteiger partial charge in [-0.05, 0) is 36.4 Å². The van der Waals surface area contributed by atoms with Crippen LogP contribution in [-0.4, -0.2) is 16.1 Å². The van der Waals surface area contributed by atoms with Crippen LogP contribution in [0.15, 0.2) is 84.4 Å². The van der Waals surface area contributed by atoms with Crippen LogP contribution in [0.2, 0.25) is 0 Å². The summed E-state index contributed by atoms with van der Waals surface area (Å²) >= 11 is 1.48. The zero-order valence-electron chi connectivity index (χ0n) is 14.7. The summed E-state index contributed by atoms with van der Waals surface area (Å²) in [6.07, 6.45) is 1.19. The Balaban J connectivity index is 1.41. The first-order chi connectivity index (χ1) is 13.8. The summed E-state index contributed by atoms with van der Waals surface area (Å²) in [5.74, 6) is 0.430. The van der Waals surface area contributed by atoms with E-state index >= 15 is 0 Å². The molecule has 2 N–H and O–H groups in total. The molecule has 0 fully saturated rings. The highest BCUT2D eigenvalue weighted by Crippen LogP contribution is 2.27. The number of hydrogen-bond acceptors (Lipinski definition) is 6. The fourth-order valence-electron chi connectivity index (χ4n) is 2.50. The molecule has 0 unspecified atom stereocenters. The fourth-order valence-corrected chi connectivity index (χ4v) is 3.22. The van der Waals surface area contributed by atoms with E-state index in [1.54, 1.807) is 36.5 Å². The Bertz CT molecular complexity index is 1070. The number of pyridine rings is 1. The highest BCUT2D eigenvalue weighted by Gasteiger charge is 2.08. The molecule has 4 rings (SSSR count). The van der Waals surface area contributed by atoms with Crippen LogP contribution in [0.5, 0.6) is 5.75 Å². The van der Waals surface area contributed by atoms with E-state index in [4.69, 9.17) is 4.74 Å². The summed E-state index contributed by atoms with van der Waals surface area (Å²) in [4.78, 5) is 20.9. The second kappa shape index (κ2) is 8.32. The predicted octanol–water partition coefficient (Wildman–Crippen LogP) is 5.56. The molecule has 0 bridgehead atoms. The lowest BCUT2D eigenvalue weighted by Crippen LogP contribution is -2.16. The number of aromatic nitrogens is 2. The van der Waals surface area contributed by atoms with Crippen molar-refractivity contribution in [3.63, 3.8) is 0 Å². The number of nitrogens with zero attached hydrogens (tertiary/aromatic N) is 2. The van der Waals surface area contributed by atoms with Crippen LogP contribution in [0.3, 0.4) is 0 Å². The van der Waals surface area contributed by atoms with Gasteiger partial charge in [-0.3, -0.25) is 10.3 Å². The lowest BCUT2D eigenvalue weighted by molar-refractivity contribution is 0.215. The molecular weight excluding hydrogens is 372 g/mol. The van der Waals surface area contributed by atoms with Crippen molar-refractivity contribution in [3.8, 4) is 17.1 Å². The number of para-hydroxylation sites is 1. The van der Waals surface area contributed by atoms with Crippen LogP contribution < -0.4 is 15.4 Å². The van der Waals surface area contributed by atoms with Gasteiger partial charge >= 0.3 is 6.09 Å². The Morgan fingerprint density at radius 1 is 0.893 bits per heavy atom. The topological polar surface area (TPSA) is 76.1 Å². The zero-order chi connectivity index (χ0) is 19.2. The fraction of sp³-hybridized carbons (Fsp3) is 0. The summed E-state index contributed by atoms with van der Waals surface area (Å²) in [5.41, 5.74) is 3.07. The van der Waals surface area contributed by atoms with Gasteiger partial charge in [-0.15, -0.1) is 11.3 Å². The van der Waals surface area contributed by atoms with Gasteiger partial charge in [0, 0.05) is 29.0 Å². The molecule has 0 saturated carbocycles.